The molecule has 2 rings (SSSR count). The van der Waals surface area contributed by atoms with Gasteiger partial charge in [0.2, 0.25) is 0 Å². The van der Waals surface area contributed by atoms with E-state index in [1.165, 1.54) is 0 Å². The number of benzene rings is 1. The second-order valence-corrected chi connectivity index (χ2v) is 7.61. The quantitative estimate of drug-likeness (QED) is 0.926. The average molecular weight is 318 g/mol. The molecule has 1 heterocycles. The van der Waals surface area contributed by atoms with Gasteiger partial charge in [0.1, 0.15) is 0 Å². The lowest BCUT2D eigenvalue weighted by Gasteiger charge is -2.22. The highest BCUT2D eigenvalue weighted by molar-refractivity contribution is 9.10. The molecular formula is C12H16BrNO2S. The number of hydrogen-bond acceptors (Lipinski definition) is 3. The van der Waals surface area contributed by atoms with Crippen LogP contribution >= 0.6 is 15.9 Å². The standard InChI is InChI=1S/C12H16BrNO2S/c13-12-4-2-1-3-10(12)11(7-14)9-5-6-17(15,16)8-9/h1-4,9,11H,5-8,14H2. The number of nitrogens with two attached hydrogens (primary N) is 1. The van der Waals surface area contributed by atoms with Crippen molar-refractivity contribution in [1.82, 2.24) is 0 Å². The number of sulfone groups is 1. The zero-order chi connectivity index (χ0) is 12.5. The Kier molecular flexibility index (Phi) is 3.90. The van der Waals surface area contributed by atoms with Crippen molar-refractivity contribution in [3.8, 4) is 0 Å². The lowest BCUT2D eigenvalue weighted by Crippen LogP contribution is -2.23. The molecule has 0 bridgehead atoms. The van der Waals surface area contributed by atoms with Crippen LogP contribution < -0.4 is 5.73 Å². The molecule has 0 aliphatic carbocycles. The summed E-state index contributed by atoms with van der Waals surface area (Å²) in [5, 5.41) is 0. The summed E-state index contributed by atoms with van der Waals surface area (Å²) in [6.45, 7) is 0.489. The Morgan fingerprint density at radius 1 is 1.41 bits per heavy atom. The molecular weight excluding hydrogens is 302 g/mol. The Morgan fingerprint density at radius 3 is 2.65 bits per heavy atom. The van der Waals surface area contributed by atoms with Crippen LogP contribution in [-0.2, 0) is 9.84 Å². The molecule has 94 valence electrons. The molecule has 0 spiro atoms. The first-order valence-electron chi connectivity index (χ1n) is 5.68. The third-order valence-corrected chi connectivity index (χ3v) is 5.91. The molecule has 0 radical (unpaired) electrons. The predicted octanol–water partition coefficient (Wildman–Crippen LogP) is 1.93. The van der Waals surface area contributed by atoms with Crippen LogP contribution in [0.2, 0.25) is 0 Å². The molecule has 2 atom stereocenters. The zero-order valence-electron chi connectivity index (χ0n) is 9.47. The lowest BCUT2D eigenvalue weighted by molar-refractivity contribution is 0.473. The van der Waals surface area contributed by atoms with E-state index in [0.717, 1.165) is 16.5 Å². The van der Waals surface area contributed by atoms with Gasteiger partial charge >= 0.3 is 0 Å². The van der Waals surface area contributed by atoms with Gasteiger partial charge in [0.05, 0.1) is 11.5 Å². The minimum Gasteiger partial charge on any atom is -0.330 e. The molecule has 5 heteroatoms. The van der Waals surface area contributed by atoms with E-state index < -0.39 is 9.84 Å². The van der Waals surface area contributed by atoms with E-state index in [1.54, 1.807) is 0 Å². The van der Waals surface area contributed by atoms with Crippen molar-refractivity contribution in [2.45, 2.75) is 12.3 Å². The Bertz CT molecular complexity index is 501. The Hall–Kier alpha value is -0.390. The lowest BCUT2D eigenvalue weighted by atomic mass is 9.86. The summed E-state index contributed by atoms with van der Waals surface area (Å²) in [6.07, 6.45) is 0.728. The summed E-state index contributed by atoms with van der Waals surface area (Å²) in [7, 11) is -2.84. The number of halogens is 1. The van der Waals surface area contributed by atoms with Crippen molar-refractivity contribution >= 4 is 25.8 Å². The van der Waals surface area contributed by atoms with Crippen LogP contribution in [-0.4, -0.2) is 26.5 Å². The maximum absolute atomic E-state index is 11.5. The molecule has 1 aliphatic rings. The molecule has 1 aromatic carbocycles. The van der Waals surface area contributed by atoms with Gasteiger partial charge in [-0.1, -0.05) is 34.1 Å². The second kappa shape index (κ2) is 5.08. The van der Waals surface area contributed by atoms with Crippen molar-refractivity contribution < 1.29 is 8.42 Å². The molecule has 1 aliphatic heterocycles. The largest absolute Gasteiger partial charge is 0.330 e. The van der Waals surface area contributed by atoms with Crippen LogP contribution in [0.15, 0.2) is 28.7 Å². The first-order valence-corrected chi connectivity index (χ1v) is 8.30. The zero-order valence-corrected chi connectivity index (χ0v) is 11.9. The van der Waals surface area contributed by atoms with E-state index in [4.69, 9.17) is 5.73 Å². The Labute approximate surface area is 110 Å². The predicted molar refractivity (Wildman–Crippen MR) is 72.7 cm³/mol. The fourth-order valence-electron chi connectivity index (χ4n) is 2.49. The fraction of sp³-hybridized carbons (Fsp3) is 0.500. The van der Waals surface area contributed by atoms with E-state index in [9.17, 15) is 8.42 Å². The van der Waals surface area contributed by atoms with Gasteiger partial charge in [0.15, 0.2) is 9.84 Å². The Balaban J connectivity index is 2.26. The average Bonchev–Trinajstić information content (AvgIpc) is 2.63. The highest BCUT2D eigenvalue weighted by Crippen LogP contribution is 2.35. The van der Waals surface area contributed by atoms with Gasteiger partial charge in [0, 0.05) is 10.4 Å². The smallest absolute Gasteiger partial charge is 0.150 e. The third-order valence-electron chi connectivity index (χ3n) is 3.40. The molecule has 2 unspecified atom stereocenters. The first-order chi connectivity index (χ1) is 8.03. The van der Waals surface area contributed by atoms with Gasteiger partial charge in [-0.25, -0.2) is 8.42 Å². The summed E-state index contributed by atoms with van der Waals surface area (Å²) in [5.74, 6) is 0.862. The van der Waals surface area contributed by atoms with E-state index in [1.807, 2.05) is 24.3 Å². The molecule has 2 N–H and O–H groups in total. The summed E-state index contributed by atoms with van der Waals surface area (Å²) < 4.78 is 24.1. The summed E-state index contributed by atoms with van der Waals surface area (Å²) in [4.78, 5) is 0. The maximum Gasteiger partial charge on any atom is 0.150 e. The third kappa shape index (κ3) is 2.89. The van der Waals surface area contributed by atoms with Crippen LogP contribution in [0, 0.1) is 5.92 Å². The molecule has 0 amide bonds. The minimum absolute atomic E-state index is 0.128. The molecule has 0 saturated carbocycles. The van der Waals surface area contributed by atoms with Crippen molar-refractivity contribution in [2.24, 2.45) is 11.7 Å². The number of hydrogen-bond donors (Lipinski definition) is 1. The molecule has 1 saturated heterocycles. The topological polar surface area (TPSA) is 60.2 Å². The van der Waals surface area contributed by atoms with Crippen LogP contribution in [0.1, 0.15) is 17.9 Å². The molecule has 1 fully saturated rings. The van der Waals surface area contributed by atoms with Gasteiger partial charge < -0.3 is 5.73 Å². The number of rotatable bonds is 3. The SMILES string of the molecule is NCC(c1ccccc1Br)C1CCS(=O)(=O)C1. The molecule has 0 aromatic heterocycles. The van der Waals surface area contributed by atoms with Gasteiger partial charge in [-0.15, -0.1) is 0 Å². The summed E-state index contributed by atoms with van der Waals surface area (Å²) >= 11 is 3.51. The second-order valence-electron chi connectivity index (χ2n) is 4.53. The molecule has 1 aromatic rings. The van der Waals surface area contributed by atoms with E-state index >= 15 is 0 Å². The van der Waals surface area contributed by atoms with Gasteiger partial charge in [-0.05, 0) is 30.5 Å². The summed E-state index contributed by atoms with van der Waals surface area (Å²) in [5.41, 5.74) is 6.95. The van der Waals surface area contributed by atoms with Crippen LogP contribution in [0.5, 0.6) is 0 Å². The Morgan fingerprint density at radius 2 is 2.12 bits per heavy atom. The van der Waals surface area contributed by atoms with Crippen molar-refractivity contribution in [1.29, 1.82) is 0 Å². The fourth-order valence-corrected chi connectivity index (χ4v) is 4.95. The highest BCUT2D eigenvalue weighted by atomic mass is 79.9. The monoisotopic (exact) mass is 317 g/mol. The van der Waals surface area contributed by atoms with Gasteiger partial charge in [-0.3, -0.25) is 0 Å². The normalized spacial score (nSPS) is 24.7. The van der Waals surface area contributed by atoms with Gasteiger partial charge in [-0.2, -0.15) is 0 Å². The minimum atomic E-state index is -2.84. The van der Waals surface area contributed by atoms with Crippen molar-refractivity contribution in [3.05, 3.63) is 34.3 Å². The first kappa shape index (κ1) is 13.1. The van der Waals surface area contributed by atoms with Crippen molar-refractivity contribution in [3.63, 3.8) is 0 Å². The van der Waals surface area contributed by atoms with E-state index in [-0.39, 0.29) is 17.6 Å². The van der Waals surface area contributed by atoms with E-state index in [0.29, 0.717) is 12.3 Å². The van der Waals surface area contributed by atoms with Crippen LogP contribution in [0.25, 0.3) is 0 Å². The maximum atomic E-state index is 11.5. The summed E-state index contributed by atoms with van der Waals surface area (Å²) in [6, 6.07) is 7.91. The van der Waals surface area contributed by atoms with Crippen LogP contribution in [0.4, 0.5) is 0 Å². The van der Waals surface area contributed by atoms with Crippen LogP contribution in [0.3, 0.4) is 0 Å². The molecule has 3 nitrogen and oxygen atoms in total. The van der Waals surface area contributed by atoms with Gasteiger partial charge in [0.25, 0.3) is 0 Å². The highest BCUT2D eigenvalue weighted by Gasteiger charge is 2.34. The van der Waals surface area contributed by atoms with Crippen molar-refractivity contribution in [2.75, 3.05) is 18.1 Å². The van der Waals surface area contributed by atoms with E-state index in [2.05, 4.69) is 15.9 Å². The molecule has 17 heavy (non-hydrogen) atoms.